The van der Waals surface area contributed by atoms with Gasteiger partial charge in [-0.25, -0.2) is 0 Å². The molecule has 5 nitrogen and oxygen atoms in total. The Morgan fingerprint density at radius 3 is 3.00 bits per heavy atom. The van der Waals surface area contributed by atoms with E-state index in [2.05, 4.69) is 10.4 Å². The Kier molecular flexibility index (Phi) is 4.57. The number of hydrogen-bond donors (Lipinski definition) is 2. The number of anilines is 1. The van der Waals surface area contributed by atoms with Crippen LogP contribution in [0.4, 0.5) is 5.69 Å². The van der Waals surface area contributed by atoms with Crippen molar-refractivity contribution in [3.8, 4) is 0 Å². The van der Waals surface area contributed by atoms with Crippen LogP contribution >= 0.6 is 0 Å². The Bertz CT molecular complexity index is 381. The minimum atomic E-state index is -0.214. The Labute approximate surface area is 95.3 Å². The molecule has 0 aliphatic carbocycles. The lowest BCUT2D eigenvalue weighted by molar-refractivity contribution is 0.0949. The number of aryl methyl sites for hydroxylation is 1. The van der Waals surface area contributed by atoms with Gasteiger partial charge >= 0.3 is 0 Å². The first-order valence-electron chi connectivity index (χ1n) is 5.41. The van der Waals surface area contributed by atoms with Gasteiger partial charge in [0.1, 0.15) is 0 Å². The predicted octanol–water partition coefficient (Wildman–Crippen LogP) is 1.18. The van der Waals surface area contributed by atoms with Crippen molar-refractivity contribution >= 4 is 11.6 Å². The van der Waals surface area contributed by atoms with E-state index in [0.29, 0.717) is 24.5 Å². The minimum absolute atomic E-state index is 0.214. The van der Waals surface area contributed by atoms with Crippen molar-refractivity contribution in [3.05, 3.63) is 24.0 Å². The molecule has 5 heteroatoms. The maximum absolute atomic E-state index is 11.7. The molecule has 3 N–H and O–H groups in total. The van der Waals surface area contributed by atoms with Crippen LogP contribution in [-0.4, -0.2) is 22.2 Å². The van der Waals surface area contributed by atoms with Gasteiger partial charge in [-0.1, -0.05) is 12.2 Å². The third-order valence-electron chi connectivity index (χ3n) is 2.16. The number of hydrogen-bond acceptors (Lipinski definition) is 3. The highest BCUT2D eigenvalue weighted by Gasteiger charge is 2.13. The summed E-state index contributed by atoms with van der Waals surface area (Å²) in [6.45, 7) is 5.19. The standard InChI is InChI=1S/C11H18N4O/c1-3-5-6-7-13-11(16)10-9(12)8-15(4-2)14-10/h3,5,8H,4,6-7,12H2,1-2H3,(H,13,16)/b5-3+. The fourth-order valence-electron chi connectivity index (χ4n) is 1.29. The van der Waals surface area contributed by atoms with E-state index in [1.165, 1.54) is 0 Å². The highest BCUT2D eigenvalue weighted by molar-refractivity contribution is 5.96. The molecule has 0 atom stereocenters. The van der Waals surface area contributed by atoms with Crippen LogP contribution in [0.5, 0.6) is 0 Å². The molecule has 1 aromatic heterocycles. The summed E-state index contributed by atoms with van der Waals surface area (Å²) in [5, 5.41) is 6.85. The molecule has 0 fully saturated rings. The third-order valence-corrected chi connectivity index (χ3v) is 2.16. The largest absolute Gasteiger partial charge is 0.396 e. The van der Waals surface area contributed by atoms with Gasteiger partial charge < -0.3 is 11.1 Å². The van der Waals surface area contributed by atoms with Gasteiger partial charge in [0, 0.05) is 19.3 Å². The fraction of sp³-hybridized carbons (Fsp3) is 0.455. The summed E-state index contributed by atoms with van der Waals surface area (Å²) in [6.07, 6.45) is 6.43. The van der Waals surface area contributed by atoms with Crippen LogP contribution in [0.15, 0.2) is 18.3 Å². The quantitative estimate of drug-likeness (QED) is 0.580. The fourth-order valence-corrected chi connectivity index (χ4v) is 1.29. The zero-order valence-electron chi connectivity index (χ0n) is 9.73. The first-order chi connectivity index (χ1) is 7.69. The molecule has 0 spiro atoms. The van der Waals surface area contributed by atoms with Gasteiger partial charge in [0.05, 0.1) is 5.69 Å². The van der Waals surface area contributed by atoms with E-state index < -0.39 is 0 Å². The van der Waals surface area contributed by atoms with Crippen molar-refractivity contribution in [1.82, 2.24) is 15.1 Å². The zero-order chi connectivity index (χ0) is 12.0. The lowest BCUT2D eigenvalue weighted by atomic mass is 10.3. The number of amides is 1. The van der Waals surface area contributed by atoms with Crippen molar-refractivity contribution < 1.29 is 4.79 Å². The molecule has 16 heavy (non-hydrogen) atoms. The average Bonchev–Trinajstić information content (AvgIpc) is 2.66. The second-order valence-corrected chi connectivity index (χ2v) is 3.40. The topological polar surface area (TPSA) is 72.9 Å². The molecule has 0 saturated heterocycles. The van der Waals surface area contributed by atoms with E-state index in [1.807, 2.05) is 26.0 Å². The summed E-state index contributed by atoms with van der Waals surface area (Å²) in [7, 11) is 0. The number of nitrogens with one attached hydrogen (secondary N) is 1. The molecular weight excluding hydrogens is 204 g/mol. The Hall–Kier alpha value is -1.78. The summed E-state index contributed by atoms with van der Waals surface area (Å²) in [6, 6.07) is 0. The number of rotatable bonds is 5. The van der Waals surface area contributed by atoms with Gasteiger partial charge in [0.2, 0.25) is 0 Å². The lowest BCUT2D eigenvalue weighted by Gasteiger charge is -2.00. The molecular formula is C11H18N4O. The number of carbonyl (C=O) groups is 1. The first-order valence-corrected chi connectivity index (χ1v) is 5.41. The van der Waals surface area contributed by atoms with Crippen LogP contribution < -0.4 is 11.1 Å². The van der Waals surface area contributed by atoms with Crippen molar-refractivity contribution in [2.24, 2.45) is 0 Å². The van der Waals surface area contributed by atoms with Crippen LogP contribution in [-0.2, 0) is 6.54 Å². The number of aromatic nitrogens is 2. The van der Waals surface area contributed by atoms with E-state index >= 15 is 0 Å². The molecule has 0 aliphatic heterocycles. The van der Waals surface area contributed by atoms with Crippen molar-refractivity contribution in [3.63, 3.8) is 0 Å². The Morgan fingerprint density at radius 1 is 1.69 bits per heavy atom. The zero-order valence-corrected chi connectivity index (χ0v) is 9.73. The molecule has 0 radical (unpaired) electrons. The number of carbonyl (C=O) groups excluding carboxylic acids is 1. The Morgan fingerprint density at radius 2 is 2.44 bits per heavy atom. The number of nitrogens with zero attached hydrogens (tertiary/aromatic N) is 2. The highest BCUT2D eigenvalue weighted by Crippen LogP contribution is 2.08. The average molecular weight is 222 g/mol. The predicted molar refractivity (Wildman–Crippen MR) is 64.1 cm³/mol. The monoisotopic (exact) mass is 222 g/mol. The summed E-state index contributed by atoms with van der Waals surface area (Å²) in [5.74, 6) is -0.214. The van der Waals surface area contributed by atoms with E-state index in [1.54, 1.807) is 10.9 Å². The van der Waals surface area contributed by atoms with Crippen molar-refractivity contribution in [2.75, 3.05) is 12.3 Å². The second kappa shape index (κ2) is 5.95. The molecule has 1 aromatic rings. The van der Waals surface area contributed by atoms with E-state index in [-0.39, 0.29) is 5.91 Å². The molecule has 0 bridgehead atoms. The molecule has 1 heterocycles. The van der Waals surface area contributed by atoms with Gasteiger partial charge in [-0.15, -0.1) is 0 Å². The summed E-state index contributed by atoms with van der Waals surface area (Å²) < 4.78 is 1.65. The molecule has 0 saturated carbocycles. The summed E-state index contributed by atoms with van der Waals surface area (Å²) >= 11 is 0. The molecule has 1 amide bonds. The molecule has 0 aromatic carbocycles. The normalized spacial score (nSPS) is 10.9. The third kappa shape index (κ3) is 3.12. The van der Waals surface area contributed by atoms with Crippen molar-refractivity contribution in [2.45, 2.75) is 26.8 Å². The number of allylic oxidation sites excluding steroid dienone is 1. The molecule has 0 unspecified atom stereocenters. The van der Waals surface area contributed by atoms with E-state index in [4.69, 9.17) is 5.73 Å². The molecule has 1 rings (SSSR count). The van der Waals surface area contributed by atoms with Gasteiger partial charge in [-0.05, 0) is 20.3 Å². The van der Waals surface area contributed by atoms with Crippen LogP contribution in [0.2, 0.25) is 0 Å². The second-order valence-electron chi connectivity index (χ2n) is 3.40. The van der Waals surface area contributed by atoms with E-state index in [9.17, 15) is 4.79 Å². The molecule has 0 aliphatic rings. The summed E-state index contributed by atoms with van der Waals surface area (Å²) in [5.41, 5.74) is 6.42. The first kappa shape index (κ1) is 12.3. The van der Waals surface area contributed by atoms with Gasteiger partial charge in [-0.2, -0.15) is 5.10 Å². The lowest BCUT2D eigenvalue weighted by Crippen LogP contribution is -2.25. The SMILES string of the molecule is C/C=C/CCNC(=O)c1nn(CC)cc1N. The van der Waals surface area contributed by atoms with E-state index in [0.717, 1.165) is 6.42 Å². The van der Waals surface area contributed by atoms with Crippen LogP contribution in [0.1, 0.15) is 30.8 Å². The van der Waals surface area contributed by atoms with Crippen LogP contribution in [0.3, 0.4) is 0 Å². The minimum Gasteiger partial charge on any atom is -0.396 e. The van der Waals surface area contributed by atoms with Gasteiger partial charge in [-0.3, -0.25) is 9.48 Å². The maximum Gasteiger partial charge on any atom is 0.273 e. The van der Waals surface area contributed by atoms with Crippen LogP contribution in [0, 0.1) is 0 Å². The van der Waals surface area contributed by atoms with Crippen molar-refractivity contribution in [1.29, 1.82) is 0 Å². The summed E-state index contributed by atoms with van der Waals surface area (Å²) in [4.78, 5) is 11.7. The van der Waals surface area contributed by atoms with Gasteiger partial charge in [0.15, 0.2) is 5.69 Å². The maximum atomic E-state index is 11.7. The number of nitrogen functional groups attached to an aromatic ring is 1. The van der Waals surface area contributed by atoms with Crippen LogP contribution in [0.25, 0.3) is 0 Å². The Balaban J connectivity index is 2.55. The molecule has 88 valence electrons. The van der Waals surface area contributed by atoms with Gasteiger partial charge in [0.25, 0.3) is 5.91 Å². The number of nitrogens with two attached hydrogens (primary N) is 1. The highest BCUT2D eigenvalue weighted by atomic mass is 16.1. The smallest absolute Gasteiger partial charge is 0.273 e.